The van der Waals surface area contributed by atoms with Gasteiger partial charge in [-0.25, -0.2) is 4.79 Å². The fourth-order valence-corrected chi connectivity index (χ4v) is 7.65. The van der Waals surface area contributed by atoms with Crippen LogP contribution in [-0.2, 0) is 0 Å². The van der Waals surface area contributed by atoms with Crippen LogP contribution in [-0.4, -0.2) is 26.9 Å². The minimum Gasteiger partial charge on any atom is -0.484 e. The van der Waals surface area contributed by atoms with Crippen LogP contribution >= 0.6 is 0 Å². The Bertz CT molecular complexity index is 1120. The Morgan fingerprint density at radius 3 is 2.41 bits per heavy atom. The molecule has 1 aliphatic heterocycles. The van der Waals surface area contributed by atoms with Gasteiger partial charge in [-0.15, -0.1) is 0 Å². The van der Waals surface area contributed by atoms with Crippen molar-refractivity contribution in [1.82, 2.24) is 4.98 Å². The van der Waals surface area contributed by atoms with Gasteiger partial charge in [0.15, 0.2) is 0 Å². The maximum Gasteiger partial charge on any atom is 0.345 e. The zero-order valence-corrected chi connectivity index (χ0v) is 20.2. The third-order valence-corrected chi connectivity index (χ3v) is 9.88. The van der Waals surface area contributed by atoms with E-state index < -0.39 is 29.4 Å². The van der Waals surface area contributed by atoms with Crippen LogP contribution in [0.2, 0.25) is 0 Å². The lowest BCUT2D eigenvalue weighted by molar-refractivity contribution is -0.253. The monoisotopic (exact) mass is 517 g/mol. The standard InChI is InChI=1S/C27H35NO5.4CH4/c1-6-25(3)15(2)9-10-26(4)19(25)13-20(29)27(5)23(26)22(30)21-18(33-27)12-17(32-24(21)31)16-8-7-11-28-14-16;;;;/h7-8,11-12,14-15,19-20,22-23,29-30H,6,9-10,13H2,1-5H3;4*1H4/t15-,19?,20-,22-,23?,25+,26-,27+;;;;/m0..../s1. The number of pyridine rings is 1. The average molecular weight is 518 g/mol. The Hall–Kier alpha value is -2.18. The van der Waals surface area contributed by atoms with Crippen molar-refractivity contribution in [3.63, 3.8) is 0 Å². The van der Waals surface area contributed by atoms with Crippen LogP contribution in [0.25, 0.3) is 11.3 Å². The van der Waals surface area contributed by atoms with Crippen LogP contribution in [0.1, 0.15) is 102 Å². The summed E-state index contributed by atoms with van der Waals surface area (Å²) in [5.74, 6) is 0.948. The highest BCUT2D eigenvalue weighted by molar-refractivity contribution is 5.59. The van der Waals surface area contributed by atoms with Gasteiger partial charge in [-0.05, 0) is 61.0 Å². The largest absolute Gasteiger partial charge is 0.484 e. The second-order valence-corrected chi connectivity index (χ2v) is 11.2. The Labute approximate surface area is 224 Å². The number of fused-ring (bicyclic) bond motifs is 4. The normalized spacial score (nSPS) is 37.4. The molecule has 3 aliphatic rings. The van der Waals surface area contributed by atoms with Crippen LogP contribution in [0.15, 0.2) is 39.8 Å². The maximum absolute atomic E-state index is 13.1. The van der Waals surface area contributed by atoms with Crippen molar-refractivity contribution in [2.45, 2.75) is 108 Å². The first-order valence-electron chi connectivity index (χ1n) is 12.2. The molecule has 2 saturated carbocycles. The summed E-state index contributed by atoms with van der Waals surface area (Å²) in [7, 11) is 0. The molecule has 2 unspecified atom stereocenters. The van der Waals surface area contributed by atoms with Gasteiger partial charge in [0, 0.05) is 29.9 Å². The molecule has 0 amide bonds. The highest BCUT2D eigenvalue weighted by Crippen LogP contribution is 2.68. The van der Waals surface area contributed by atoms with E-state index in [2.05, 4.69) is 32.7 Å². The summed E-state index contributed by atoms with van der Waals surface area (Å²) in [6.45, 7) is 11.0. The molecule has 0 radical (unpaired) electrons. The molecule has 6 nitrogen and oxygen atoms in total. The van der Waals surface area contributed by atoms with E-state index in [1.807, 2.05) is 6.92 Å². The second kappa shape index (κ2) is 10.9. The number of hydrogen-bond acceptors (Lipinski definition) is 6. The molecule has 2 aromatic heterocycles. The minimum atomic E-state index is -1.07. The molecule has 2 aromatic rings. The summed E-state index contributed by atoms with van der Waals surface area (Å²) in [6, 6.07) is 5.22. The topological polar surface area (TPSA) is 92.8 Å². The molecular weight excluding hydrogens is 466 g/mol. The van der Waals surface area contributed by atoms with Crippen molar-refractivity contribution in [2.75, 3.05) is 0 Å². The molecule has 5 rings (SSSR count). The van der Waals surface area contributed by atoms with Crippen molar-refractivity contribution < 1.29 is 19.4 Å². The smallest absolute Gasteiger partial charge is 0.345 e. The summed E-state index contributed by atoms with van der Waals surface area (Å²) in [5.41, 5.74) is -1.02. The van der Waals surface area contributed by atoms with E-state index in [9.17, 15) is 15.0 Å². The highest BCUT2D eigenvalue weighted by atomic mass is 16.5. The number of nitrogens with zero attached hydrogens (tertiary/aromatic N) is 1. The van der Waals surface area contributed by atoms with Crippen LogP contribution in [0.5, 0.6) is 5.75 Å². The first-order valence-corrected chi connectivity index (χ1v) is 12.2. The SMILES string of the molecule is C.C.C.C.CC[C@@]1(C)C2C[C@H](O)[C@@]3(C)Oc4cc(-c5cccnc5)oc(=O)c4[C@H](O)C3[C@@]2(C)CC[C@@H]1C. The quantitative estimate of drug-likeness (QED) is 0.435. The van der Waals surface area contributed by atoms with Gasteiger partial charge in [-0.2, -0.15) is 0 Å². The third-order valence-electron chi connectivity index (χ3n) is 9.88. The molecule has 6 heteroatoms. The molecule has 0 spiro atoms. The molecule has 0 bridgehead atoms. The van der Waals surface area contributed by atoms with E-state index in [1.54, 1.807) is 30.6 Å². The summed E-state index contributed by atoms with van der Waals surface area (Å²) >= 11 is 0. The van der Waals surface area contributed by atoms with Gasteiger partial charge in [0.1, 0.15) is 22.7 Å². The molecule has 2 N–H and O–H groups in total. The summed E-state index contributed by atoms with van der Waals surface area (Å²) in [4.78, 5) is 17.2. The third kappa shape index (κ3) is 4.44. The van der Waals surface area contributed by atoms with Crippen molar-refractivity contribution in [3.8, 4) is 17.1 Å². The lowest BCUT2D eigenvalue weighted by atomic mass is 9.41. The number of aliphatic hydroxyl groups excluding tert-OH is 2. The van der Waals surface area contributed by atoms with E-state index in [4.69, 9.17) is 9.15 Å². The summed E-state index contributed by atoms with van der Waals surface area (Å²) in [5, 5.41) is 23.2. The van der Waals surface area contributed by atoms with E-state index in [0.717, 1.165) is 19.3 Å². The zero-order chi connectivity index (χ0) is 23.8. The molecule has 3 heterocycles. The van der Waals surface area contributed by atoms with E-state index in [1.165, 1.54) is 0 Å². The number of hydrogen-bond donors (Lipinski definition) is 2. The molecule has 8 atom stereocenters. The lowest BCUT2D eigenvalue weighted by Crippen LogP contribution is -2.69. The van der Waals surface area contributed by atoms with Crippen molar-refractivity contribution >= 4 is 0 Å². The van der Waals surface area contributed by atoms with Gasteiger partial charge in [-0.1, -0.05) is 63.8 Å². The number of aliphatic hydroxyl groups is 2. The average Bonchev–Trinajstić information content (AvgIpc) is 2.78. The van der Waals surface area contributed by atoms with Crippen LogP contribution < -0.4 is 10.4 Å². The summed E-state index contributed by atoms with van der Waals surface area (Å²) < 4.78 is 12.1. The Morgan fingerprint density at radius 2 is 1.81 bits per heavy atom. The Kier molecular flexibility index (Phi) is 9.67. The Balaban J connectivity index is 0.00000171. The highest BCUT2D eigenvalue weighted by Gasteiger charge is 2.68. The summed E-state index contributed by atoms with van der Waals surface area (Å²) in [6.07, 6.45) is 5.04. The maximum atomic E-state index is 13.1. The Morgan fingerprint density at radius 1 is 1.14 bits per heavy atom. The predicted octanol–water partition coefficient (Wildman–Crippen LogP) is 7.28. The first-order chi connectivity index (χ1) is 15.6. The molecular formula is C31H51NO5. The van der Waals surface area contributed by atoms with Gasteiger partial charge in [0.2, 0.25) is 0 Å². The van der Waals surface area contributed by atoms with Gasteiger partial charge in [0.25, 0.3) is 0 Å². The molecule has 210 valence electrons. The molecule has 37 heavy (non-hydrogen) atoms. The van der Waals surface area contributed by atoms with E-state index in [-0.39, 0.29) is 52.0 Å². The minimum absolute atomic E-state index is 0. The van der Waals surface area contributed by atoms with Gasteiger partial charge in [0.05, 0.1) is 12.2 Å². The van der Waals surface area contributed by atoms with Gasteiger partial charge in [-0.3, -0.25) is 4.98 Å². The van der Waals surface area contributed by atoms with E-state index in [0.29, 0.717) is 29.4 Å². The fourth-order valence-electron chi connectivity index (χ4n) is 7.65. The molecule has 2 aliphatic carbocycles. The lowest BCUT2D eigenvalue weighted by Gasteiger charge is -2.67. The van der Waals surface area contributed by atoms with Crippen LogP contribution in [0.3, 0.4) is 0 Å². The van der Waals surface area contributed by atoms with Gasteiger partial charge < -0.3 is 19.4 Å². The number of rotatable bonds is 2. The van der Waals surface area contributed by atoms with Crippen molar-refractivity contribution in [2.24, 2.45) is 28.6 Å². The molecule has 0 aromatic carbocycles. The predicted molar refractivity (Wildman–Crippen MR) is 152 cm³/mol. The second-order valence-electron chi connectivity index (χ2n) is 11.2. The fraction of sp³-hybridized carbons (Fsp3) is 0.677. The molecule has 0 saturated heterocycles. The van der Waals surface area contributed by atoms with Crippen molar-refractivity contribution in [1.29, 1.82) is 0 Å². The van der Waals surface area contributed by atoms with E-state index >= 15 is 0 Å². The van der Waals surface area contributed by atoms with Crippen LogP contribution in [0.4, 0.5) is 0 Å². The zero-order valence-electron chi connectivity index (χ0n) is 20.2. The molecule has 2 fully saturated rings. The van der Waals surface area contributed by atoms with Crippen LogP contribution in [0, 0.1) is 28.6 Å². The number of ether oxygens (including phenoxy) is 1. The van der Waals surface area contributed by atoms with Gasteiger partial charge >= 0.3 is 5.63 Å². The first kappa shape index (κ1) is 32.8. The van der Waals surface area contributed by atoms with Crippen molar-refractivity contribution in [3.05, 3.63) is 46.6 Å². The number of aromatic nitrogens is 1.